The number of carbonyl (C=O) groups is 1. The summed E-state index contributed by atoms with van der Waals surface area (Å²) in [4.78, 5) is 13.8. The highest BCUT2D eigenvalue weighted by atomic mass is 32.1. The lowest BCUT2D eigenvalue weighted by Crippen LogP contribution is -2.27. The smallest absolute Gasteiger partial charge is 0.256 e. The van der Waals surface area contributed by atoms with Crippen LogP contribution >= 0.6 is 11.3 Å². The molecule has 1 amide bonds. The number of fused-ring (bicyclic) bond motifs is 1. The van der Waals surface area contributed by atoms with E-state index in [1.165, 1.54) is 10.9 Å². The number of anilines is 1. The molecule has 0 saturated carbocycles. The maximum atomic E-state index is 13.7. The fourth-order valence-corrected chi connectivity index (χ4v) is 4.36. The summed E-state index contributed by atoms with van der Waals surface area (Å²) in [5.41, 5.74) is 2.39. The molecule has 0 saturated heterocycles. The van der Waals surface area contributed by atoms with Crippen molar-refractivity contribution in [3.05, 3.63) is 51.5 Å². The Morgan fingerprint density at radius 1 is 1.30 bits per heavy atom. The van der Waals surface area contributed by atoms with Crippen LogP contribution in [0.15, 0.2) is 29.6 Å². The molecule has 0 spiro atoms. The maximum absolute atomic E-state index is 13.7. The topological polar surface area (TPSA) is 29.1 Å². The van der Waals surface area contributed by atoms with Crippen LogP contribution in [-0.4, -0.2) is 5.91 Å². The molecule has 3 rings (SSSR count). The van der Waals surface area contributed by atoms with Crippen LogP contribution in [0.1, 0.15) is 48.0 Å². The number of amides is 1. The molecule has 0 bridgehead atoms. The van der Waals surface area contributed by atoms with Gasteiger partial charge >= 0.3 is 0 Å². The van der Waals surface area contributed by atoms with E-state index in [9.17, 15) is 9.18 Å². The first-order chi connectivity index (χ1) is 10.9. The first kappa shape index (κ1) is 16.2. The predicted molar refractivity (Wildman–Crippen MR) is 93.6 cm³/mol. The molecule has 0 aliphatic heterocycles. The van der Waals surface area contributed by atoms with Gasteiger partial charge in [-0.3, -0.25) is 4.79 Å². The van der Waals surface area contributed by atoms with Crippen molar-refractivity contribution in [2.24, 2.45) is 11.3 Å². The highest BCUT2D eigenvalue weighted by molar-refractivity contribution is 7.10. The number of para-hydroxylation sites is 1. The lowest BCUT2D eigenvalue weighted by molar-refractivity contribution is 0.102. The van der Waals surface area contributed by atoms with Crippen LogP contribution in [0, 0.1) is 17.2 Å². The van der Waals surface area contributed by atoms with Gasteiger partial charge in [-0.25, -0.2) is 4.39 Å². The highest BCUT2D eigenvalue weighted by Crippen LogP contribution is 2.40. The summed E-state index contributed by atoms with van der Waals surface area (Å²) in [6.45, 7) is 6.84. The summed E-state index contributed by atoms with van der Waals surface area (Å²) in [5.74, 6) is 0.0377. The second-order valence-electron chi connectivity index (χ2n) is 7.29. The first-order valence-electron chi connectivity index (χ1n) is 8.01. The summed E-state index contributed by atoms with van der Waals surface area (Å²) in [5, 5.41) is 4.62. The van der Waals surface area contributed by atoms with Crippen molar-refractivity contribution in [3.63, 3.8) is 0 Å². The molecular formula is C19H22FNOS. The zero-order valence-electron chi connectivity index (χ0n) is 13.8. The molecule has 1 aliphatic rings. The SMILES string of the molecule is CC(C)(C)C1CCc2c(C(=O)Nc3ccccc3F)csc2C1. The van der Waals surface area contributed by atoms with Crippen molar-refractivity contribution in [2.45, 2.75) is 40.0 Å². The van der Waals surface area contributed by atoms with E-state index < -0.39 is 5.82 Å². The summed E-state index contributed by atoms with van der Waals surface area (Å²) < 4.78 is 13.7. The minimum absolute atomic E-state index is 0.207. The summed E-state index contributed by atoms with van der Waals surface area (Å²) >= 11 is 1.66. The van der Waals surface area contributed by atoms with Gasteiger partial charge in [-0.05, 0) is 48.3 Å². The number of hydrogen-bond donors (Lipinski definition) is 1. The minimum atomic E-state index is -0.405. The van der Waals surface area contributed by atoms with Gasteiger partial charge in [-0.2, -0.15) is 0 Å². The lowest BCUT2D eigenvalue weighted by atomic mass is 9.72. The number of rotatable bonds is 2. The van der Waals surface area contributed by atoms with Crippen LogP contribution in [0.25, 0.3) is 0 Å². The Kier molecular flexibility index (Phi) is 4.28. The normalized spacial score (nSPS) is 17.7. The number of thiophene rings is 1. The summed E-state index contributed by atoms with van der Waals surface area (Å²) in [6, 6.07) is 6.27. The van der Waals surface area contributed by atoms with Crippen LogP contribution in [0.5, 0.6) is 0 Å². The van der Waals surface area contributed by atoms with E-state index in [0.29, 0.717) is 11.5 Å². The largest absolute Gasteiger partial charge is 0.319 e. The molecule has 2 nitrogen and oxygen atoms in total. The molecule has 0 radical (unpaired) electrons. The average molecular weight is 331 g/mol. The Morgan fingerprint density at radius 3 is 2.74 bits per heavy atom. The lowest BCUT2D eigenvalue weighted by Gasteiger charge is -2.34. The molecule has 1 aliphatic carbocycles. The third-order valence-corrected chi connectivity index (χ3v) is 5.80. The van der Waals surface area contributed by atoms with Gasteiger partial charge in [0.25, 0.3) is 5.91 Å². The molecule has 122 valence electrons. The fourth-order valence-electron chi connectivity index (χ4n) is 3.19. The number of carbonyl (C=O) groups excluding carboxylic acids is 1. The van der Waals surface area contributed by atoms with Gasteiger partial charge in [0, 0.05) is 10.3 Å². The number of halogens is 1. The fraction of sp³-hybridized carbons (Fsp3) is 0.421. The van der Waals surface area contributed by atoms with Crippen molar-refractivity contribution in [3.8, 4) is 0 Å². The first-order valence-corrected chi connectivity index (χ1v) is 8.89. The van der Waals surface area contributed by atoms with E-state index in [1.807, 2.05) is 5.38 Å². The summed E-state index contributed by atoms with van der Waals surface area (Å²) in [6.07, 6.45) is 3.07. The molecular weight excluding hydrogens is 309 g/mol. The Bertz CT molecular complexity index is 729. The van der Waals surface area contributed by atoms with E-state index in [0.717, 1.165) is 24.8 Å². The number of nitrogens with one attached hydrogen (secondary N) is 1. The van der Waals surface area contributed by atoms with Gasteiger partial charge in [0.1, 0.15) is 5.82 Å². The number of hydrogen-bond acceptors (Lipinski definition) is 2. The van der Waals surface area contributed by atoms with E-state index in [-0.39, 0.29) is 17.0 Å². The van der Waals surface area contributed by atoms with Crippen LogP contribution in [0.4, 0.5) is 10.1 Å². The average Bonchev–Trinajstić information content (AvgIpc) is 2.92. The molecule has 4 heteroatoms. The van der Waals surface area contributed by atoms with Crippen molar-refractivity contribution in [1.29, 1.82) is 0 Å². The zero-order chi connectivity index (χ0) is 16.6. The van der Waals surface area contributed by atoms with E-state index >= 15 is 0 Å². The van der Waals surface area contributed by atoms with Crippen molar-refractivity contribution in [2.75, 3.05) is 5.32 Å². The molecule has 1 aromatic carbocycles. The van der Waals surface area contributed by atoms with Crippen LogP contribution < -0.4 is 5.32 Å². The predicted octanol–water partition coefficient (Wildman–Crippen LogP) is 5.29. The second kappa shape index (κ2) is 6.08. The maximum Gasteiger partial charge on any atom is 0.256 e. The minimum Gasteiger partial charge on any atom is -0.319 e. The molecule has 23 heavy (non-hydrogen) atoms. The Morgan fingerprint density at radius 2 is 2.04 bits per heavy atom. The Labute approximate surface area is 140 Å². The highest BCUT2D eigenvalue weighted by Gasteiger charge is 2.31. The third kappa shape index (κ3) is 3.32. The number of benzene rings is 1. The van der Waals surface area contributed by atoms with Gasteiger partial charge < -0.3 is 5.32 Å². The Hall–Kier alpha value is -1.68. The monoisotopic (exact) mass is 331 g/mol. The standard InChI is InChI=1S/C19H22FNOS/c1-19(2,3)12-8-9-13-14(11-23-17(13)10-12)18(22)21-16-7-5-4-6-15(16)20/h4-7,11-12H,8-10H2,1-3H3,(H,21,22). The van der Waals surface area contributed by atoms with Gasteiger partial charge in [-0.1, -0.05) is 32.9 Å². The van der Waals surface area contributed by atoms with Crippen LogP contribution in [0.2, 0.25) is 0 Å². The molecule has 2 aromatic rings. The van der Waals surface area contributed by atoms with Crippen molar-refractivity contribution in [1.82, 2.24) is 0 Å². The quantitative estimate of drug-likeness (QED) is 0.796. The van der Waals surface area contributed by atoms with Crippen molar-refractivity contribution >= 4 is 22.9 Å². The van der Waals surface area contributed by atoms with Crippen LogP contribution in [0.3, 0.4) is 0 Å². The third-order valence-electron chi connectivity index (χ3n) is 4.75. The molecule has 1 heterocycles. The van der Waals surface area contributed by atoms with Gasteiger partial charge in [0.15, 0.2) is 0 Å². The van der Waals surface area contributed by atoms with E-state index in [1.54, 1.807) is 29.5 Å². The molecule has 1 N–H and O–H groups in total. The van der Waals surface area contributed by atoms with Crippen LogP contribution in [-0.2, 0) is 12.8 Å². The molecule has 0 fully saturated rings. The van der Waals surface area contributed by atoms with Gasteiger partial charge in [-0.15, -0.1) is 11.3 Å². The Balaban J connectivity index is 1.80. The molecule has 1 unspecified atom stereocenters. The molecule has 1 atom stereocenters. The second-order valence-corrected chi connectivity index (χ2v) is 8.26. The summed E-state index contributed by atoms with van der Waals surface area (Å²) in [7, 11) is 0. The van der Waals surface area contributed by atoms with E-state index in [2.05, 4.69) is 26.1 Å². The van der Waals surface area contributed by atoms with Crippen molar-refractivity contribution < 1.29 is 9.18 Å². The van der Waals surface area contributed by atoms with Gasteiger partial charge in [0.05, 0.1) is 11.3 Å². The molecule has 1 aromatic heterocycles. The zero-order valence-corrected chi connectivity index (χ0v) is 14.6. The van der Waals surface area contributed by atoms with E-state index in [4.69, 9.17) is 0 Å². The van der Waals surface area contributed by atoms with Gasteiger partial charge in [0.2, 0.25) is 0 Å².